The number of ketones is 1. The number of rotatable bonds is 12. The van der Waals surface area contributed by atoms with E-state index in [1.54, 1.807) is 26.0 Å². The van der Waals surface area contributed by atoms with Gasteiger partial charge in [-0.1, -0.05) is 0 Å². The Morgan fingerprint density at radius 3 is 1.41 bits per heavy atom. The van der Waals surface area contributed by atoms with E-state index in [2.05, 4.69) is 29.9 Å². The molecule has 2 aromatic carbocycles. The molecule has 74 heavy (non-hydrogen) atoms. The number of carbonyl (C=O) groups excluding carboxylic acids is 1. The normalized spacial score (nSPS) is 18.3. The number of hydrogen-bond acceptors (Lipinski definition) is 13. The van der Waals surface area contributed by atoms with Crippen molar-refractivity contribution in [2.24, 2.45) is 5.73 Å². The van der Waals surface area contributed by atoms with E-state index in [1.807, 2.05) is 0 Å². The number of carboxylic acids is 1. The average Bonchev–Trinajstić information content (AvgIpc) is 3.97. The first-order valence-electron chi connectivity index (χ1n) is 22.0. The third-order valence-electron chi connectivity index (χ3n) is 11.6. The van der Waals surface area contributed by atoms with Crippen LogP contribution in [0.2, 0.25) is 0 Å². The first kappa shape index (κ1) is 58.4. The molecule has 0 amide bonds. The highest BCUT2D eigenvalue weighted by Crippen LogP contribution is 2.34. The topological polar surface area (TPSA) is 232 Å². The molecule has 2 saturated heterocycles. The zero-order valence-electron chi connectivity index (χ0n) is 39.0. The van der Waals surface area contributed by atoms with Gasteiger partial charge in [0.15, 0.2) is 5.78 Å². The van der Waals surface area contributed by atoms with Crippen LogP contribution in [-0.2, 0) is 55.0 Å². The molecule has 2 aliphatic rings. The summed E-state index contributed by atoms with van der Waals surface area (Å²) in [5, 5.41) is 9.09. The molecule has 6 heterocycles. The number of hydrogen-bond donors (Lipinski definition) is 2. The van der Waals surface area contributed by atoms with Gasteiger partial charge in [-0.15, -0.1) is 12.4 Å². The second kappa shape index (κ2) is 24.3. The van der Waals surface area contributed by atoms with Crippen LogP contribution in [0.5, 0.6) is 0 Å². The minimum Gasteiger partial charge on any atom is -0.480 e. The van der Waals surface area contributed by atoms with Crippen molar-refractivity contribution >= 4 is 44.2 Å². The van der Waals surface area contributed by atoms with E-state index in [-0.39, 0.29) is 59.8 Å². The Morgan fingerprint density at radius 2 is 1.01 bits per heavy atom. The summed E-state index contributed by atoms with van der Waals surface area (Å²) < 4.78 is 155. The molecular weight excluding hydrogens is 1050 g/mol. The monoisotopic (exact) mass is 1100 g/mol. The van der Waals surface area contributed by atoms with Gasteiger partial charge in [0.05, 0.1) is 32.9 Å². The lowest BCUT2D eigenvalue weighted by Gasteiger charge is -2.27. The summed E-state index contributed by atoms with van der Waals surface area (Å²) in [5.74, 6) is -2.54. The van der Waals surface area contributed by atoms with Crippen molar-refractivity contribution in [2.45, 2.75) is 105 Å². The highest BCUT2D eigenvalue weighted by molar-refractivity contribution is 7.89. The van der Waals surface area contributed by atoms with Gasteiger partial charge in [-0.25, -0.2) is 45.6 Å². The van der Waals surface area contributed by atoms with Crippen LogP contribution in [0.4, 0.5) is 35.1 Å². The van der Waals surface area contributed by atoms with Crippen molar-refractivity contribution < 1.29 is 66.7 Å². The van der Waals surface area contributed by atoms with Crippen LogP contribution < -0.4 is 5.73 Å². The second-order valence-electron chi connectivity index (χ2n) is 16.6. The van der Waals surface area contributed by atoms with E-state index in [1.165, 1.54) is 41.2 Å². The predicted molar refractivity (Wildman–Crippen MR) is 252 cm³/mol. The van der Waals surface area contributed by atoms with Gasteiger partial charge in [0.25, 0.3) is 0 Å². The molecular formula is C47H46ClF8N9O7S2. The fraction of sp³-hybridized carbons (Fsp3) is 0.319. The first-order chi connectivity index (χ1) is 34.3. The lowest BCUT2D eigenvalue weighted by atomic mass is 10.0. The fourth-order valence-electron chi connectivity index (χ4n) is 7.93. The highest BCUT2D eigenvalue weighted by Gasteiger charge is 2.45. The number of aromatic nitrogens is 6. The van der Waals surface area contributed by atoms with Crippen LogP contribution >= 0.6 is 12.4 Å². The molecule has 0 unspecified atom stereocenters. The average molecular weight is 1100 g/mol. The first-order valence-corrected chi connectivity index (χ1v) is 24.9. The summed E-state index contributed by atoms with van der Waals surface area (Å²) in [7, 11) is -7.92. The maximum atomic E-state index is 13.3. The Bertz CT molecular complexity index is 3110. The van der Waals surface area contributed by atoms with Crippen LogP contribution in [0, 0.1) is 11.6 Å². The van der Waals surface area contributed by atoms with Gasteiger partial charge in [0.1, 0.15) is 41.7 Å². The standard InChI is InChI=1S/C24H22F4N4O3S.C12H14FNO4S.C11H9F3N4.ClH/c1-15-2-9-21(32(15)36(34,35)19-7-4-17(25)5-8-19)22(33)10-6-18-12-20(31-14-30-18)16-3-11-23(29-13-16)24(26,27)28;1-8-2-7-11(12(15)16)14(8)19(17,18)10-5-3-9(13)4-6-10;12-11(13,14)10-2-1-7(5-16-10)9-3-8(4-15)17-6-18-9;/h3-5,7-8,11-15,21H,2,6,9-10H2,1H3;3-6,8,11H,2,7H2,1H3,(H,15,16);1-3,5-6H,4,15H2;1H/t15-,21-;8-,11-;;/m00../s1. The minimum absolute atomic E-state index is 0. The molecule has 396 valence electrons. The van der Waals surface area contributed by atoms with Crippen molar-refractivity contribution in [1.29, 1.82) is 0 Å². The van der Waals surface area contributed by atoms with Gasteiger partial charge in [-0.3, -0.25) is 19.6 Å². The number of aryl methyl sites for hydroxylation is 1. The van der Waals surface area contributed by atoms with Crippen LogP contribution in [0.25, 0.3) is 22.5 Å². The smallest absolute Gasteiger partial charge is 0.433 e. The van der Waals surface area contributed by atoms with Crippen LogP contribution in [0.3, 0.4) is 0 Å². The number of pyridine rings is 2. The molecule has 0 radical (unpaired) electrons. The van der Waals surface area contributed by atoms with Gasteiger partial charge in [-0.2, -0.15) is 35.0 Å². The molecule has 8 rings (SSSR count). The number of carbonyl (C=O) groups is 2. The molecule has 0 saturated carbocycles. The van der Waals surface area contributed by atoms with Crippen molar-refractivity contribution in [3.63, 3.8) is 0 Å². The second-order valence-corrected chi connectivity index (χ2v) is 20.3. The third kappa shape index (κ3) is 14.2. The molecule has 0 spiro atoms. The van der Waals surface area contributed by atoms with E-state index in [9.17, 15) is 61.5 Å². The number of aliphatic carboxylic acids is 1. The predicted octanol–water partition coefficient (Wildman–Crippen LogP) is 8.33. The summed E-state index contributed by atoms with van der Waals surface area (Å²) in [6.07, 6.45) is -2.37. The molecule has 2 aliphatic heterocycles. The fourth-order valence-corrected chi connectivity index (χ4v) is 11.6. The largest absolute Gasteiger partial charge is 0.480 e. The summed E-state index contributed by atoms with van der Waals surface area (Å²) in [6.45, 7) is 3.64. The molecule has 2 fully saturated rings. The van der Waals surface area contributed by atoms with Gasteiger partial charge in [-0.05, 0) is 131 Å². The molecule has 6 aromatic rings. The number of carboxylic acid groups (broad SMARTS) is 1. The summed E-state index contributed by atoms with van der Waals surface area (Å²) in [4.78, 5) is 46.9. The maximum Gasteiger partial charge on any atom is 0.433 e. The van der Waals surface area contributed by atoms with E-state index in [0.29, 0.717) is 53.2 Å². The number of benzene rings is 2. The van der Waals surface area contributed by atoms with E-state index >= 15 is 0 Å². The van der Waals surface area contributed by atoms with Gasteiger partial charge in [0, 0.05) is 54.3 Å². The lowest BCUT2D eigenvalue weighted by Crippen LogP contribution is -2.44. The van der Waals surface area contributed by atoms with E-state index in [4.69, 9.17) is 10.8 Å². The maximum absolute atomic E-state index is 13.3. The number of Topliss-reactive ketones (excluding diaryl/α,β-unsaturated/α-hetero) is 1. The van der Waals surface area contributed by atoms with Crippen molar-refractivity contribution in [1.82, 2.24) is 38.5 Å². The number of halogens is 9. The van der Waals surface area contributed by atoms with Crippen LogP contribution in [0.15, 0.2) is 120 Å². The summed E-state index contributed by atoms with van der Waals surface area (Å²) >= 11 is 0. The molecule has 0 bridgehead atoms. The molecule has 16 nitrogen and oxygen atoms in total. The lowest BCUT2D eigenvalue weighted by molar-refractivity contribution is -0.141. The molecule has 4 atom stereocenters. The number of nitrogens with two attached hydrogens (primary N) is 1. The molecule has 0 aliphatic carbocycles. The van der Waals surface area contributed by atoms with Gasteiger partial charge in [0.2, 0.25) is 20.0 Å². The highest BCUT2D eigenvalue weighted by atomic mass is 35.5. The minimum atomic E-state index is -4.55. The summed E-state index contributed by atoms with van der Waals surface area (Å²) in [5.41, 5.74) is 6.25. The number of sulfonamides is 2. The van der Waals surface area contributed by atoms with Gasteiger partial charge < -0.3 is 10.8 Å². The zero-order chi connectivity index (χ0) is 53.5. The Balaban J connectivity index is 0.000000225. The van der Waals surface area contributed by atoms with Crippen LogP contribution in [-0.4, -0.2) is 96.4 Å². The Morgan fingerprint density at radius 1 is 0.608 bits per heavy atom. The molecule has 27 heteroatoms. The third-order valence-corrected chi connectivity index (χ3v) is 15.7. The Kier molecular flexibility index (Phi) is 19.2. The van der Waals surface area contributed by atoms with E-state index in [0.717, 1.165) is 65.2 Å². The quantitative estimate of drug-likeness (QED) is 0.110. The van der Waals surface area contributed by atoms with E-state index < -0.39 is 79.5 Å². The Labute approximate surface area is 425 Å². The number of nitrogens with zero attached hydrogens (tertiary/aromatic N) is 8. The molecule has 3 N–H and O–H groups in total. The molecule has 4 aromatic heterocycles. The van der Waals surface area contributed by atoms with Gasteiger partial charge >= 0.3 is 18.3 Å². The van der Waals surface area contributed by atoms with Crippen molar-refractivity contribution in [3.8, 4) is 22.5 Å². The van der Waals surface area contributed by atoms with Crippen LogP contribution in [0.1, 0.15) is 68.7 Å². The Hall–Kier alpha value is -6.45. The summed E-state index contributed by atoms with van der Waals surface area (Å²) in [6, 6.07) is 13.7. The zero-order valence-corrected chi connectivity index (χ0v) is 41.4. The van der Waals surface area contributed by atoms with Crippen molar-refractivity contribution in [2.75, 3.05) is 0 Å². The SMILES string of the molecule is C[C@H]1CC[C@@H](C(=O)CCc2cc(-c3ccc(C(F)(F)F)nc3)ncn2)N1S(=O)(=O)c1ccc(F)cc1.C[C@H]1CC[C@@H](C(=O)O)N1S(=O)(=O)c1ccc(F)cc1.Cl.NCc1cc(-c2ccc(C(F)(F)F)nc2)ncn1. The van der Waals surface area contributed by atoms with Crippen molar-refractivity contribution in [3.05, 3.63) is 144 Å². The number of alkyl halides is 6.